The van der Waals surface area contributed by atoms with Gasteiger partial charge in [-0.1, -0.05) is 0 Å². The third-order valence-corrected chi connectivity index (χ3v) is 4.51. The Labute approximate surface area is 111 Å². The smallest absolute Gasteiger partial charge is 0.186 e. The molecule has 0 spiro atoms. The molecule has 0 aromatic rings. The fraction of sp³-hybridized carbons (Fsp3) is 0.900. The zero-order valence-corrected chi connectivity index (χ0v) is 11.2. The Hall–Kier alpha value is -0.760. The van der Waals surface area contributed by atoms with Gasteiger partial charge in [0.1, 0.15) is 24.4 Å². The summed E-state index contributed by atoms with van der Waals surface area (Å²) in [6.45, 7) is 0. The van der Waals surface area contributed by atoms with Gasteiger partial charge >= 0.3 is 0 Å². The molecule has 0 unspecified atom stereocenters. The quantitative estimate of drug-likeness (QED) is 0.518. The molecule has 0 saturated carbocycles. The Bertz CT molecular complexity index is 430. The van der Waals surface area contributed by atoms with E-state index in [0.717, 1.165) is 0 Å². The molecule has 0 amide bonds. The number of hydrogen-bond donors (Lipinski definition) is 3. The second-order valence-corrected chi connectivity index (χ2v) is 6.50. The summed E-state index contributed by atoms with van der Waals surface area (Å²) in [5.74, 6) is -0.911. The molecule has 9 heteroatoms. The van der Waals surface area contributed by atoms with Crippen molar-refractivity contribution in [3.63, 3.8) is 0 Å². The van der Waals surface area contributed by atoms with Gasteiger partial charge in [-0.15, -0.1) is 0 Å². The van der Waals surface area contributed by atoms with E-state index in [-0.39, 0.29) is 12.2 Å². The van der Waals surface area contributed by atoms with Crippen LogP contribution in [0.4, 0.5) is 0 Å². The van der Waals surface area contributed by atoms with E-state index in [1.807, 2.05) is 0 Å². The van der Waals surface area contributed by atoms with Crippen LogP contribution in [-0.2, 0) is 19.3 Å². The van der Waals surface area contributed by atoms with E-state index in [9.17, 15) is 23.7 Å². The lowest BCUT2D eigenvalue weighted by molar-refractivity contribution is -0.285. The maximum atomic E-state index is 11.7. The zero-order valence-electron chi connectivity index (χ0n) is 10.3. The van der Waals surface area contributed by atoms with Crippen LogP contribution in [0.2, 0.25) is 0 Å². The number of ether oxygens (including phenoxy) is 2. The second kappa shape index (κ2) is 6.60. The summed E-state index contributed by atoms with van der Waals surface area (Å²) < 4.78 is 33.2. The van der Waals surface area contributed by atoms with Crippen LogP contribution in [0.15, 0.2) is 0 Å². The summed E-state index contributed by atoms with van der Waals surface area (Å²) in [6.07, 6.45) is -7.16. The minimum Gasteiger partial charge on any atom is -0.388 e. The van der Waals surface area contributed by atoms with E-state index in [1.165, 1.54) is 7.11 Å². The summed E-state index contributed by atoms with van der Waals surface area (Å²) in [5, 5.41) is 37.1. The third kappa shape index (κ3) is 4.10. The summed E-state index contributed by atoms with van der Waals surface area (Å²) >= 11 is 0. The van der Waals surface area contributed by atoms with Gasteiger partial charge in [0.25, 0.3) is 0 Å². The van der Waals surface area contributed by atoms with E-state index >= 15 is 0 Å². The molecule has 1 aliphatic heterocycles. The number of nitrogens with zero attached hydrogens (tertiary/aromatic N) is 1. The molecule has 1 heterocycles. The number of aliphatic hydroxyl groups excluding tert-OH is 3. The number of nitriles is 1. The average molecular weight is 295 g/mol. The van der Waals surface area contributed by atoms with Crippen LogP contribution in [-0.4, -0.2) is 73.1 Å². The zero-order chi connectivity index (χ0) is 14.6. The Kier molecular flexibility index (Phi) is 5.66. The maximum absolute atomic E-state index is 11.7. The van der Waals surface area contributed by atoms with Gasteiger partial charge < -0.3 is 24.8 Å². The Morgan fingerprint density at radius 2 is 1.89 bits per heavy atom. The van der Waals surface area contributed by atoms with Crippen molar-refractivity contribution in [1.82, 2.24) is 0 Å². The summed E-state index contributed by atoms with van der Waals surface area (Å²) in [4.78, 5) is 0. The topological polar surface area (TPSA) is 137 Å². The van der Waals surface area contributed by atoms with E-state index in [1.54, 1.807) is 6.07 Å². The number of hydrogen-bond acceptors (Lipinski definition) is 8. The predicted octanol–water partition coefficient (Wildman–Crippen LogP) is -2.23. The van der Waals surface area contributed by atoms with Crippen LogP contribution in [0.25, 0.3) is 0 Å². The lowest BCUT2D eigenvalue weighted by Crippen LogP contribution is -2.59. The van der Waals surface area contributed by atoms with E-state index in [4.69, 9.17) is 14.7 Å². The van der Waals surface area contributed by atoms with Crippen LogP contribution >= 0.6 is 0 Å². The van der Waals surface area contributed by atoms with Crippen LogP contribution in [0.3, 0.4) is 0 Å². The lowest BCUT2D eigenvalue weighted by Gasteiger charge is -2.39. The SMILES string of the molecule is CO[C@H]1O[C@H](CS(=O)(=O)CCC#N)[C@@H](O)[C@H](O)[C@H]1O. The van der Waals surface area contributed by atoms with Crippen molar-refractivity contribution in [2.45, 2.75) is 37.1 Å². The third-order valence-electron chi connectivity index (χ3n) is 2.84. The van der Waals surface area contributed by atoms with E-state index < -0.39 is 46.3 Å². The van der Waals surface area contributed by atoms with Crippen LogP contribution in [0, 0.1) is 11.3 Å². The molecule has 8 nitrogen and oxygen atoms in total. The molecule has 0 aromatic carbocycles. The van der Waals surface area contributed by atoms with Gasteiger partial charge in [0.2, 0.25) is 0 Å². The highest BCUT2D eigenvalue weighted by molar-refractivity contribution is 7.91. The first kappa shape index (κ1) is 16.3. The number of aliphatic hydroxyl groups is 3. The van der Waals surface area contributed by atoms with Gasteiger partial charge in [-0.05, 0) is 0 Å². The predicted molar refractivity (Wildman–Crippen MR) is 62.6 cm³/mol. The largest absolute Gasteiger partial charge is 0.388 e. The van der Waals surface area contributed by atoms with Crippen LogP contribution in [0.1, 0.15) is 6.42 Å². The standard InChI is InChI=1S/C10H17NO7S/c1-17-10-9(14)8(13)7(12)6(18-10)5-19(15,16)4-2-3-11/h6-10,12-14H,2,4-5H2,1H3/t6-,7-,8+,9-,10+/m1/s1. The van der Waals surface area contributed by atoms with Gasteiger partial charge in [0.15, 0.2) is 16.1 Å². The first-order valence-electron chi connectivity index (χ1n) is 5.62. The molecule has 5 atom stereocenters. The molecule has 1 fully saturated rings. The van der Waals surface area contributed by atoms with Crippen LogP contribution < -0.4 is 0 Å². The van der Waals surface area contributed by atoms with Crippen molar-refractivity contribution in [2.24, 2.45) is 0 Å². The van der Waals surface area contributed by atoms with Gasteiger partial charge in [-0.3, -0.25) is 0 Å². The molecular formula is C10H17NO7S. The number of sulfone groups is 1. The molecule has 0 aliphatic carbocycles. The monoisotopic (exact) mass is 295 g/mol. The van der Waals surface area contributed by atoms with Crippen molar-refractivity contribution in [3.05, 3.63) is 0 Å². The van der Waals surface area contributed by atoms with Gasteiger partial charge in [-0.2, -0.15) is 5.26 Å². The first-order chi connectivity index (χ1) is 8.82. The van der Waals surface area contributed by atoms with E-state index in [0.29, 0.717) is 0 Å². The maximum Gasteiger partial charge on any atom is 0.186 e. The Morgan fingerprint density at radius 1 is 1.26 bits per heavy atom. The minimum atomic E-state index is -3.60. The molecule has 1 aliphatic rings. The Morgan fingerprint density at radius 3 is 2.42 bits per heavy atom. The summed E-state index contributed by atoms with van der Waals surface area (Å²) in [5.41, 5.74) is 0. The molecule has 1 saturated heterocycles. The number of rotatable bonds is 5. The average Bonchev–Trinajstić information content (AvgIpc) is 2.37. The highest BCUT2D eigenvalue weighted by Crippen LogP contribution is 2.23. The highest BCUT2D eigenvalue weighted by Gasteiger charge is 2.45. The molecule has 0 aromatic heterocycles. The van der Waals surface area contributed by atoms with Crippen molar-refractivity contribution in [1.29, 1.82) is 5.26 Å². The summed E-state index contributed by atoms with van der Waals surface area (Å²) in [6, 6.07) is 1.71. The molecule has 3 N–H and O–H groups in total. The fourth-order valence-electron chi connectivity index (χ4n) is 1.78. The summed E-state index contributed by atoms with van der Waals surface area (Å²) in [7, 11) is -2.38. The van der Waals surface area contributed by atoms with Gasteiger partial charge in [0.05, 0.1) is 17.6 Å². The number of methoxy groups -OCH3 is 1. The second-order valence-electron chi connectivity index (χ2n) is 4.27. The van der Waals surface area contributed by atoms with Crippen molar-refractivity contribution < 1.29 is 33.2 Å². The molecule has 110 valence electrons. The molecule has 0 radical (unpaired) electrons. The van der Waals surface area contributed by atoms with Crippen molar-refractivity contribution >= 4 is 9.84 Å². The van der Waals surface area contributed by atoms with Gasteiger partial charge in [0, 0.05) is 13.5 Å². The molecule has 0 bridgehead atoms. The van der Waals surface area contributed by atoms with E-state index in [2.05, 4.69) is 0 Å². The Balaban J connectivity index is 2.75. The van der Waals surface area contributed by atoms with Crippen molar-refractivity contribution in [3.8, 4) is 6.07 Å². The molecule has 1 rings (SSSR count). The normalized spacial score (nSPS) is 35.8. The van der Waals surface area contributed by atoms with Crippen LogP contribution in [0.5, 0.6) is 0 Å². The first-order valence-corrected chi connectivity index (χ1v) is 7.44. The van der Waals surface area contributed by atoms with Crippen molar-refractivity contribution in [2.75, 3.05) is 18.6 Å². The molecular weight excluding hydrogens is 278 g/mol. The minimum absolute atomic E-state index is 0.163. The molecule has 19 heavy (non-hydrogen) atoms. The lowest BCUT2D eigenvalue weighted by atomic mass is 10.00. The van der Waals surface area contributed by atoms with Gasteiger partial charge in [-0.25, -0.2) is 8.42 Å². The fourth-order valence-corrected chi connectivity index (χ4v) is 3.13. The highest BCUT2D eigenvalue weighted by atomic mass is 32.2.